The van der Waals surface area contributed by atoms with Crippen molar-refractivity contribution in [1.82, 2.24) is 20.5 Å². The maximum absolute atomic E-state index is 11.8. The van der Waals surface area contributed by atoms with Gasteiger partial charge in [0.05, 0.1) is 13.0 Å². The standard InChI is InChI=1S/C13H18N4O2/c18-12(9-11-3-1-2-4-15-11)16-10-13(19)17-7-5-14-6-8-17/h1-4,14H,5-10H2,(H,16,18). The minimum Gasteiger partial charge on any atom is -0.347 e. The molecular weight excluding hydrogens is 244 g/mol. The van der Waals surface area contributed by atoms with Crippen molar-refractivity contribution in [2.75, 3.05) is 32.7 Å². The van der Waals surface area contributed by atoms with Crippen LogP contribution in [0.2, 0.25) is 0 Å². The molecule has 1 aliphatic rings. The van der Waals surface area contributed by atoms with Crippen molar-refractivity contribution in [2.24, 2.45) is 0 Å². The normalized spacial score (nSPS) is 15.1. The number of amides is 2. The average Bonchev–Trinajstić information content (AvgIpc) is 2.47. The Morgan fingerprint density at radius 2 is 2.11 bits per heavy atom. The summed E-state index contributed by atoms with van der Waals surface area (Å²) in [4.78, 5) is 29.3. The summed E-state index contributed by atoms with van der Waals surface area (Å²) in [6.07, 6.45) is 1.85. The van der Waals surface area contributed by atoms with E-state index in [1.54, 1.807) is 23.2 Å². The van der Waals surface area contributed by atoms with E-state index < -0.39 is 0 Å². The Kier molecular flexibility index (Phi) is 4.85. The third-order valence-corrected chi connectivity index (χ3v) is 2.97. The van der Waals surface area contributed by atoms with Gasteiger partial charge in [0.15, 0.2) is 0 Å². The number of nitrogens with one attached hydrogen (secondary N) is 2. The van der Waals surface area contributed by atoms with Crippen molar-refractivity contribution in [3.63, 3.8) is 0 Å². The lowest BCUT2D eigenvalue weighted by Gasteiger charge is -2.27. The number of piperazine rings is 1. The third-order valence-electron chi connectivity index (χ3n) is 2.97. The molecule has 6 nitrogen and oxygen atoms in total. The fourth-order valence-corrected chi connectivity index (χ4v) is 1.93. The van der Waals surface area contributed by atoms with Gasteiger partial charge in [0.25, 0.3) is 0 Å². The number of hydrogen-bond donors (Lipinski definition) is 2. The maximum atomic E-state index is 11.8. The zero-order chi connectivity index (χ0) is 13.5. The minimum atomic E-state index is -0.179. The molecule has 1 saturated heterocycles. The van der Waals surface area contributed by atoms with Crippen LogP contribution in [-0.2, 0) is 16.0 Å². The molecular formula is C13H18N4O2. The Bertz CT molecular complexity index is 430. The fourth-order valence-electron chi connectivity index (χ4n) is 1.93. The van der Waals surface area contributed by atoms with E-state index in [1.165, 1.54) is 0 Å². The first-order valence-corrected chi connectivity index (χ1v) is 6.41. The lowest BCUT2D eigenvalue weighted by molar-refractivity contribution is -0.133. The van der Waals surface area contributed by atoms with Crippen LogP contribution in [0, 0.1) is 0 Å². The van der Waals surface area contributed by atoms with Crippen LogP contribution in [0.15, 0.2) is 24.4 Å². The van der Waals surface area contributed by atoms with Gasteiger partial charge in [-0.2, -0.15) is 0 Å². The van der Waals surface area contributed by atoms with Gasteiger partial charge in [-0.15, -0.1) is 0 Å². The second-order valence-corrected chi connectivity index (χ2v) is 4.41. The summed E-state index contributed by atoms with van der Waals surface area (Å²) in [6.45, 7) is 3.09. The monoisotopic (exact) mass is 262 g/mol. The molecule has 0 bridgehead atoms. The smallest absolute Gasteiger partial charge is 0.242 e. The highest BCUT2D eigenvalue weighted by Crippen LogP contribution is 1.95. The molecule has 0 aliphatic carbocycles. The Labute approximate surface area is 112 Å². The first kappa shape index (κ1) is 13.5. The number of carbonyl (C=O) groups is 2. The minimum absolute atomic E-state index is 0.0316. The molecule has 6 heteroatoms. The molecule has 0 unspecified atom stereocenters. The Balaban J connectivity index is 1.72. The summed E-state index contributed by atoms with van der Waals surface area (Å²) in [5.74, 6) is -0.210. The Hall–Kier alpha value is -1.95. The molecule has 1 fully saturated rings. The fraction of sp³-hybridized carbons (Fsp3) is 0.462. The second kappa shape index (κ2) is 6.84. The quantitative estimate of drug-likeness (QED) is 0.743. The summed E-state index contributed by atoms with van der Waals surface area (Å²) < 4.78 is 0. The van der Waals surface area contributed by atoms with Crippen molar-refractivity contribution in [3.05, 3.63) is 30.1 Å². The van der Waals surface area contributed by atoms with Crippen LogP contribution in [0.5, 0.6) is 0 Å². The summed E-state index contributed by atoms with van der Waals surface area (Å²) >= 11 is 0. The molecule has 2 amide bonds. The molecule has 2 rings (SSSR count). The van der Waals surface area contributed by atoms with Crippen LogP contribution in [0.4, 0.5) is 0 Å². The second-order valence-electron chi connectivity index (χ2n) is 4.41. The predicted octanol–water partition coefficient (Wildman–Crippen LogP) is -0.828. The Morgan fingerprint density at radius 1 is 1.32 bits per heavy atom. The van der Waals surface area contributed by atoms with E-state index >= 15 is 0 Å². The van der Waals surface area contributed by atoms with E-state index in [0.29, 0.717) is 18.8 Å². The van der Waals surface area contributed by atoms with Gasteiger partial charge in [-0.05, 0) is 12.1 Å². The molecule has 0 spiro atoms. The van der Waals surface area contributed by atoms with E-state index in [1.807, 2.05) is 6.07 Å². The zero-order valence-corrected chi connectivity index (χ0v) is 10.8. The zero-order valence-electron chi connectivity index (χ0n) is 10.8. The van der Waals surface area contributed by atoms with Gasteiger partial charge in [-0.1, -0.05) is 6.07 Å². The molecule has 0 aromatic carbocycles. The van der Waals surface area contributed by atoms with Gasteiger partial charge in [0.2, 0.25) is 11.8 Å². The molecule has 2 N–H and O–H groups in total. The van der Waals surface area contributed by atoms with Crippen LogP contribution >= 0.6 is 0 Å². The third kappa shape index (κ3) is 4.33. The number of aromatic nitrogens is 1. The molecule has 102 valence electrons. The van der Waals surface area contributed by atoms with Crippen molar-refractivity contribution in [1.29, 1.82) is 0 Å². The number of nitrogens with zero attached hydrogens (tertiary/aromatic N) is 2. The van der Waals surface area contributed by atoms with E-state index in [4.69, 9.17) is 0 Å². The number of pyridine rings is 1. The molecule has 0 radical (unpaired) electrons. The lowest BCUT2D eigenvalue weighted by atomic mass is 10.2. The molecule has 1 aromatic rings. The molecule has 19 heavy (non-hydrogen) atoms. The van der Waals surface area contributed by atoms with Gasteiger partial charge in [0, 0.05) is 38.1 Å². The first-order valence-electron chi connectivity index (χ1n) is 6.41. The van der Waals surface area contributed by atoms with Crippen LogP contribution < -0.4 is 10.6 Å². The molecule has 0 atom stereocenters. The number of rotatable bonds is 4. The van der Waals surface area contributed by atoms with E-state index in [9.17, 15) is 9.59 Å². The van der Waals surface area contributed by atoms with E-state index in [2.05, 4.69) is 15.6 Å². The summed E-state index contributed by atoms with van der Waals surface area (Å²) in [7, 11) is 0. The van der Waals surface area contributed by atoms with E-state index in [-0.39, 0.29) is 24.8 Å². The topological polar surface area (TPSA) is 74.3 Å². The van der Waals surface area contributed by atoms with Gasteiger partial charge < -0.3 is 15.5 Å². The van der Waals surface area contributed by atoms with Gasteiger partial charge in [-0.3, -0.25) is 14.6 Å². The van der Waals surface area contributed by atoms with Crippen molar-refractivity contribution >= 4 is 11.8 Å². The summed E-state index contributed by atoms with van der Waals surface area (Å²) in [5.41, 5.74) is 0.703. The van der Waals surface area contributed by atoms with E-state index in [0.717, 1.165) is 13.1 Å². The van der Waals surface area contributed by atoms with Gasteiger partial charge in [0.1, 0.15) is 0 Å². The van der Waals surface area contributed by atoms with Gasteiger partial charge in [-0.25, -0.2) is 0 Å². The van der Waals surface area contributed by atoms with Crippen LogP contribution in [0.25, 0.3) is 0 Å². The van der Waals surface area contributed by atoms with Crippen LogP contribution in [0.3, 0.4) is 0 Å². The van der Waals surface area contributed by atoms with Gasteiger partial charge >= 0.3 is 0 Å². The van der Waals surface area contributed by atoms with Crippen molar-refractivity contribution in [3.8, 4) is 0 Å². The van der Waals surface area contributed by atoms with Crippen LogP contribution in [-0.4, -0.2) is 54.4 Å². The SMILES string of the molecule is O=C(Cc1ccccn1)NCC(=O)N1CCNCC1. The Morgan fingerprint density at radius 3 is 2.79 bits per heavy atom. The van der Waals surface area contributed by atoms with Crippen molar-refractivity contribution < 1.29 is 9.59 Å². The highest BCUT2D eigenvalue weighted by molar-refractivity contribution is 5.85. The number of carbonyl (C=O) groups excluding carboxylic acids is 2. The first-order chi connectivity index (χ1) is 9.25. The highest BCUT2D eigenvalue weighted by Gasteiger charge is 2.16. The molecule has 1 aliphatic heterocycles. The largest absolute Gasteiger partial charge is 0.347 e. The lowest BCUT2D eigenvalue weighted by Crippen LogP contribution is -2.49. The summed E-state index contributed by atoms with van der Waals surface area (Å²) in [6, 6.07) is 5.43. The summed E-state index contributed by atoms with van der Waals surface area (Å²) in [5, 5.41) is 5.82. The average molecular weight is 262 g/mol. The number of hydrogen-bond acceptors (Lipinski definition) is 4. The highest BCUT2D eigenvalue weighted by atomic mass is 16.2. The van der Waals surface area contributed by atoms with Crippen LogP contribution in [0.1, 0.15) is 5.69 Å². The maximum Gasteiger partial charge on any atom is 0.242 e. The predicted molar refractivity (Wildman–Crippen MR) is 70.4 cm³/mol. The molecule has 2 heterocycles. The molecule has 0 saturated carbocycles. The van der Waals surface area contributed by atoms with Crippen molar-refractivity contribution in [2.45, 2.75) is 6.42 Å². The molecule has 1 aromatic heterocycles.